The maximum absolute atomic E-state index is 11.3. The van der Waals surface area contributed by atoms with Crippen LogP contribution in [0.15, 0.2) is 29.2 Å². The standard InChI is InChI=1S/C8H10N3O4S.Ag/c1-10(2)7-3-5-8(6-4-7)16(14,15)9-11(12)13;/h3-6H,1-2H3;/q-1;+1. The molecule has 9 heteroatoms. The molecule has 7 nitrogen and oxygen atoms in total. The van der Waals surface area contributed by atoms with E-state index in [-0.39, 0.29) is 27.3 Å². The predicted molar refractivity (Wildman–Crippen MR) is 58.3 cm³/mol. The number of benzene rings is 1. The van der Waals surface area contributed by atoms with Gasteiger partial charge in [0.25, 0.3) is 0 Å². The Morgan fingerprint density at radius 3 is 2.06 bits per heavy atom. The maximum atomic E-state index is 11.3. The molecule has 0 fully saturated rings. The van der Waals surface area contributed by atoms with E-state index in [4.69, 9.17) is 0 Å². The zero-order valence-corrected chi connectivity index (χ0v) is 11.3. The first kappa shape index (κ1) is 15.9. The van der Waals surface area contributed by atoms with Crippen molar-refractivity contribution >= 4 is 15.7 Å². The summed E-state index contributed by atoms with van der Waals surface area (Å²) < 4.78 is 22.6. The molecule has 0 radical (unpaired) electrons. The van der Waals surface area contributed by atoms with E-state index in [9.17, 15) is 18.5 Å². The minimum atomic E-state index is -4.19. The van der Waals surface area contributed by atoms with Crippen LogP contribution in [0.25, 0.3) is 4.83 Å². The van der Waals surface area contributed by atoms with Gasteiger partial charge in [0.05, 0.1) is 4.90 Å². The molecule has 0 bridgehead atoms. The van der Waals surface area contributed by atoms with Crippen LogP contribution in [0.5, 0.6) is 0 Å². The van der Waals surface area contributed by atoms with Crippen LogP contribution in [-0.4, -0.2) is 27.5 Å². The summed E-state index contributed by atoms with van der Waals surface area (Å²) in [5.41, 5.74) is 0.792. The van der Waals surface area contributed by atoms with Gasteiger partial charge in [0, 0.05) is 19.8 Å². The molecule has 0 saturated carbocycles. The van der Waals surface area contributed by atoms with Crippen LogP contribution < -0.4 is 4.90 Å². The van der Waals surface area contributed by atoms with Crippen molar-refractivity contribution in [3.8, 4) is 0 Å². The van der Waals surface area contributed by atoms with E-state index in [1.807, 2.05) is 0 Å². The molecule has 0 heterocycles. The van der Waals surface area contributed by atoms with E-state index < -0.39 is 15.1 Å². The van der Waals surface area contributed by atoms with Crippen LogP contribution in [0, 0.1) is 10.1 Å². The van der Waals surface area contributed by atoms with Crippen LogP contribution in [0.1, 0.15) is 0 Å². The van der Waals surface area contributed by atoms with Crippen molar-refractivity contribution in [1.29, 1.82) is 0 Å². The number of sulfonamides is 1. The number of nitro groups is 1. The number of nitrogens with zero attached hydrogens (tertiary/aromatic N) is 3. The molecule has 0 N–H and O–H groups in total. The first-order valence-electron chi connectivity index (χ1n) is 4.22. The largest absolute Gasteiger partial charge is 1.00 e. The van der Waals surface area contributed by atoms with Gasteiger partial charge in [-0.05, 0) is 29.3 Å². The fraction of sp³-hybridized carbons (Fsp3) is 0.250. The number of hydrogen-bond donors (Lipinski definition) is 0. The molecule has 1 aromatic carbocycles. The van der Waals surface area contributed by atoms with E-state index in [2.05, 4.69) is 4.83 Å². The van der Waals surface area contributed by atoms with Crippen molar-refractivity contribution < 1.29 is 35.8 Å². The summed E-state index contributed by atoms with van der Waals surface area (Å²) in [5.74, 6) is 0. The molecule has 0 spiro atoms. The molecule has 0 atom stereocenters. The topological polar surface area (TPSA) is 94.6 Å². The first-order valence-corrected chi connectivity index (χ1v) is 5.66. The van der Waals surface area contributed by atoms with Crippen molar-refractivity contribution in [2.24, 2.45) is 0 Å². The van der Waals surface area contributed by atoms with Crippen LogP contribution in [0.3, 0.4) is 0 Å². The van der Waals surface area contributed by atoms with Gasteiger partial charge in [-0.15, -0.1) is 0 Å². The Balaban J connectivity index is 0.00000256. The molecule has 0 aliphatic rings. The third-order valence-corrected chi connectivity index (χ3v) is 3.04. The van der Waals surface area contributed by atoms with Crippen molar-refractivity contribution in [2.75, 3.05) is 19.0 Å². The summed E-state index contributed by atoms with van der Waals surface area (Å²) in [6.07, 6.45) is 0. The average Bonchev–Trinajstić information content (AvgIpc) is 2.16. The third kappa shape index (κ3) is 4.35. The van der Waals surface area contributed by atoms with Crippen molar-refractivity contribution in [3.63, 3.8) is 0 Å². The second kappa shape index (κ2) is 6.01. The SMILES string of the molecule is CN(C)c1ccc(S(=O)(=O)[N-][N+](=O)[O-])cc1.[Ag+]. The minimum Gasteiger partial charge on any atom is -0.378 e. The monoisotopic (exact) mass is 351 g/mol. The average molecular weight is 352 g/mol. The van der Waals surface area contributed by atoms with Gasteiger partial charge < -0.3 is 4.90 Å². The molecular formula is C8H10AgN3O4S. The van der Waals surface area contributed by atoms with E-state index in [0.29, 0.717) is 0 Å². The van der Waals surface area contributed by atoms with Crippen LogP contribution >= 0.6 is 0 Å². The molecule has 17 heavy (non-hydrogen) atoms. The molecule has 1 rings (SSSR count). The number of rotatable bonds is 4. The Hall–Kier alpha value is -1.09. The van der Waals surface area contributed by atoms with Gasteiger partial charge >= 0.3 is 22.4 Å². The van der Waals surface area contributed by atoms with Gasteiger partial charge in [-0.3, -0.25) is 14.9 Å². The van der Waals surface area contributed by atoms with Gasteiger partial charge in [-0.2, -0.15) is 0 Å². The van der Waals surface area contributed by atoms with Gasteiger partial charge in [0.15, 0.2) is 10.0 Å². The van der Waals surface area contributed by atoms with Crippen LogP contribution in [-0.2, 0) is 32.4 Å². The van der Waals surface area contributed by atoms with E-state index in [1.165, 1.54) is 12.1 Å². The van der Waals surface area contributed by atoms with Crippen molar-refractivity contribution in [1.82, 2.24) is 0 Å². The molecule has 0 aliphatic carbocycles. The first-order chi connectivity index (χ1) is 7.33. The summed E-state index contributed by atoms with van der Waals surface area (Å²) in [5, 5.41) is 8.79. The number of hydrogen-bond acceptors (Lipinski definition) is 5. The van der Waals surface area contributed by atoms with Gasteiger partial charge in [-0.1, -0.05) is 0 Å². The van der Waals surface area contributed by atoms with E-state index >= 15 is 0 Å². The van der Waals surface area contributed by atoms with Crippen LogP contribution in [0.4, 0.5) is 5.69 Å². The summed E-state index contributed by atoms with van der Waals surface area (Å²) >= 11 is 0. The Labute approximate surface area is 114 Å². The summed E-state index contributed by atoms with van der Waals surface area (Å²) in [4.78, 5) is 14.0. The number of anilines is 1. The fourth-order valence-electron chi connectivity index (χ4n) is 1.05. The van der Waals surface area contributed by atoms with Crippen molar-refractivity contribution in [2.45, 2.75) is 4.90 Å². The Kier molecular flexibility index (Phi) is 5.62. The molecule has 0 aromatic heterocycles. The molecule has 0 aliphatic heterocycles. The molecule has 0 unspecified atom stereocenters. The summed E-state index contributed by atoms with van der Waals surface area (Å²) in [6, 6.07) is 5.64. The fourth-order valence-corrected chi connectivity index (χ4v) is 1.80. The molecule has 0 saturated heterocycles. The smallest absolute Gasteiger partial charge is 0.378 e. The normalized spacial score (nSPS) is 10.2. The molecule has 1 aromatic rings. The van der Waals surface area contributed by atoms with Gasteiger partial charge in [-0.25, -0.2) is 8.42 Å². The van der Waals surface area contributed by atoms with Crippen molar-refractivity contribution in [3.05, 3.63) is 39.2 Å². The second-order valence-electron chi connectivity index (χ2n) is 3.18. The Morgan fingerprint density at radius 1 is 1.24 bits per heavy atom. The van der Waals surface area contributed by atoms with E-state index in [1.54, 1.807) is 31.1 Å². The predicted octanol–water partition coefficient (Wildman–Crippen LogP) is 1.00. The Bertz CT molecular complexity index is 486. The molecule has 98 valence electrons. The van der Waals surface area contributed by atoms with E-state index in [0.717, 1.165) is 5.69 Å². The third-order valence-electron chi connectivity index (χ3n) is 1.83. The summed E-state index contributed by atoms with van der Waals surface area (Å²) in [7, 11) is -0.602. The molecular weight excluding hydrogens is 342 g/mol. The maximum Gasteiger partial charge on any atom is 1.00 e. The van der Waals surface area contributed by atoms with Crippen LogP contribution in [0.2, 0.25) is 0 Å². The zero-order valence-electron chi connectivity index (χ0n) is 8.99. The van der Waals surface area contributed by atoms with Gasteiger partial charge in [0.2, 0.25) is 0 Å². The summed E-state index contributed by atoms with van der Waals surface area (Å²) in [6.45, 7) is 0. The minimum absolute atomic E-state index is 0. The van der Waals surface area contributed by atoms with Gasteiger partial charge in [0.1, 0.15) is 0 Å². The quantitative estimate of drug-likeness (QED) is 0.458. The molecule has 0 amide bonds. The second-order valence-corrected chi connectivity index (χ2v) is 4.77. The Morgan fingerprint density at radius 2 is 1.71 bits per heavy atom. The zero-order chi connectivity index (χ0) is 12.3.